The number of thiol groups is 1. The van der Waals surface area contributed by atoms with Crippen LogP contribution >= 0.6 is 12.6 Å². The quantitative estimate of drug-likeness (QED) is 0.673. The number of anilines is 1. The number of hydrogen-bond acceptors (Lipinski definition) is 4. The maximum Gasteiger partial charge on any atom is 0.130 e. The molecule has 0 saturated heterocycles. The highest BCUT2D eigenvalue weighted by molar-refractivity contribution is 7.84. The Hall–Kier alpha value is -1.26. The molecule has 0 aliphatic heterocycles. The van der Waals surface area contributed by atoms with Gasteiger partial charge in [-0.3, -0.25) is 0 Å². The first-order valence-corrected chi connectivity index (χ1v) is 7.13. The van der Waals surface area contributed by atoms with Crippen molar-refractivity contribution < 1.29 is 9.90 Å². The summed E-state index contributed by atoms with van der Waals surface area (Å²) < 4.78 is 0. The molecule has 1 aromatic carbocycles. The zero-order valence-electron chi connectivity index (χ0n) is 12.3. The Morgan fingerprint density at radius 3 is 2.55 bits per heavy atom. The number of Topliss-reactive ketones (excluding diaryl/α,β-unsaturated/α-hetero) is 1. The molecular weight excluding hydrogens is 270 g/mol. The van der Waals surface area contributed by atoms with Gasteiger partial charge >= 0.3 is 0 Å². The fourth-order valence-electron chi connectivity index (χ4n) is 2.26. The lowest BCUT2D eigenvalue weighted by Crippen LogP contribution is -2.22. The fraction of sp³-hybridized carbons (Fsp3) is 0.438. The van der Waals surface area contributed by atoms with Crippen molar-refractivity contribution in [1.29, 1.82) is 0 Å². The van der Waals surface area contributed by atoms with Gasteiger partial charge in [-0.15, -0.1) is 12.6 Å². The Bertz CT molecular complexity index is 469. The Balaban J connectivity index is 2.57. The van der Waals surface area contributed by atoms with E-state index in [4.69, 9.17) is 0 Å². The van der Waals surface area contributed by atoms with Crippen LogP contribution in [-0.4, -0.2) is 17.0 Å². The van der Waals surface area contributed by atoms with Crippen molar-refractivity contribution >= 4 is 24.1 Å². The largest absolute Gasteiger partial charge is 0.389 e. The number of hydrogen-bond donors (Lipinski definition) is 3. The van der Waals surface area contributed by atoms with Crippen molar-refractivity contribution in [2.45, 2.75) is 39.7 Å². The third-order valence-electron chi connectivity index (χ3n) is 2.89. The first-order valence-electron chi connectivity index (χ1n) is 6.69. The number of ketones is 1. The monoisotopic (exact) mass is 293 g/mol. The minimum atomic E-state index is -0.631. The zero-order valence-corrected chi connectivity index (χ0v) is 13.2. The average Bonchev–Trinajstić information content (AvgIpc) is 2.26. The number of benzene rings is 1. The lowest BCUT2D eigenvalue weighted by molar-refractivity contribution is -0.119. The Morgan fingerprint density at radius 1 is 1.40 bits per heavy atom. The summed E-state index contributed by atoms with van der Waals surface area (Å²) in [5.74, 6) is 0.139. The SMILES string of the molecule is CC(=O)CC(C)(C)CC(O)/C=C(\S)Nc1ccccc1. The molecule has 1 atom stereocenters. The van der Waals surface area contributed by atoms with Gasteiger partial charge in [-0.05, 0) is 37.0 Å². The van der Waals surface area contributed by atoms with Crippen LogP contribution < -0.4 is 5.32 Å². The van der Waals surface area contributed by atoms with Crippen LogP contribution in [-0.2, 0) is 4.79 Å². The molecule has 0 aliphatic rings. The van der Waals surface area contributed by atoms with E-state index in [1.165, 1.54) is 0 Å². The third kappa shape index (κ3) is 6.78. The van der Waals surface area contributed by atoms with Crippen LogP contribution in [0.25, 0.3) is 0 Å². The molecule has 1 aromatic rings. The Labute approximate surface area is 126 Å². The van der Waals surface area contributed by atoms with Crippen LogP contribution in [0.1, 0.15) is 33.6 Å². The summed E-state index contributed by atoms with van der Waals surface area (Å²) in [4.78, 5) is 11.2. The number of nitrogens with one attached hydrogen (secondary N) is 1. The van der Waals surface area contributed by atoms with Gasteiger partial charge in [-0.1, -0.05) is 32.0 Å². The molecule has 0 aliphatic carbocycles. The van der Waals surface area contributed by atoms with Gasteiger partial charge < -0.3 is 15.2 Å². The van der Waals surface area contributed by atoms with E-state index in [-0.39, 0.29) is 11.2 Å². The fourth-order valence-corrected chi connectivity index (χ4v) is 2.57. The molecular formula is C16H23NO2S. The van der Waals surface area contributed by atoms with E-state index in [1.54, 1.807) is 13.0 Å². The minimum absolute atomic E-state index is 0.139. The Kier molecular flexibility index (Phi) is 6.30. The van der Waals surface area contributed by atoms with E-state index in [2.05, 4.69) is 17.9 Å². The summed E-state index contributed by atoms with van der Waals surface area (Å²) >= 11 is 4.32. The van der Waals surface area contributed by atoms with E-state index >= 15 is 0 Å². The van der Waals surface area contributed by atoms with E-state index in [1.807, 2.05) is 44.2 Å². The second-order valence-corrected chi connectivity index (χ2v) is 6.34. The van der Waals surface area contributed by atoms with Crippen LogP contribution in [0.3, 0.4) is 0 Å². The highest BCUT2D eigenvalue weighted by Gasteiger charge is 2.23. The van der Waals surface area contributed by atoms with Gasteiger partial charge in [0.15, 0.2) is 0 Å². The summed E-state index contributed by atoms with van der Waals surface area (Å²) in [6, 6.07) is 9.64. The van der Waals surface area contributed by atoms with Crippen LogP contribution in [0.5, 0.6) is 0 Å². The van der Waals surface area contributed by atoms with Crippen molar-refractivity contribution in [3.05, 3.63) is 41.4 Å². The summed E-state index contributed by atoms with van der Waals surface area (Å²) in [5, 5.41) is 13.8. The number of carbonyl (C=O) groups excluding carboxylic acids is 1. The molecule has 0 aromatic heterocycles. The molecule has 20 heavy (non-hydrogen) atoms. The van der Waals surface area contributed by atoms with Crippen LogP contribution in [0.2, 0.25) is 0 Å². The molecule has 0 heterocycles. The molecule has 3 nitrogen and oxygen atoms in total. The number of para-hydroxylation sites is 1. The molecule has 0 spiro atoms. The van der Waals surface area contributed by atoms with Crippen molar-refractivity contribution in [1.82, 2.24) is 0 Å². The molecule has 0 amide bonds. The molecule has 0 saturated carbocycles. The summed E-state index contributed by atoms with van der Waals surface area (Å²) in [5.41, 5.74) is 0.701. The van der Waals surface area contributed by atoms with E-state index in [0.717, 1.165) is 5.69 Å². The molecule has 2 N–H and O–H groups in total. The second kappa shape index (κ2) is 7.50. The van der Waals surface area contributed by atoms with Crippen molar-refractivity contribution in [3.8, 4) is 0 Å². The van der Waals surface area contributed by atoms with Crippen LogP contribution in [0.15, 0.2) is 41.4 Å². The second-order valence-electron chi connectivity index (χ2n) is 5.86. The van der Waals surface area contributed by atoms with Gasteiger partial charge in [-0.25, -0.2) is 0 Å². The van der Waals surface area contributed by atoms with Crippen LogP contribution in [0.4, 0.5) is 5.69 Å². The van der Waals surface area contributed by atoms with Gasteiger partial charge in [0.1, 0.15) is 5.78 Å². The number of aliphatic hydroxyl groups is 1. The molecule has 4 heteroatoms. The molecule has 1 unspecified atom stereocenters. The van der Waals surface area contributed by atoms with Crippen molar-refractivity contribution in [2.24, 2.45) is 5.41 Å². The number of carbonyl (C=O) groups is 1. The normalized spacial score (nSPS) is 13.9. The maximum absolute atomic E-state index is 11.2. The topological polar surface area (TPSA) is 49.3 Å². The summed E-state index contributed by atoms with van der Waals surface area (Å²) in [6.07, 6.45) is 2.02. The average molecular weight is 293 g/mol. The first kappa shape index (κ1) is 16.8. The van der Waals surface area contributed by atoms with Crippen molar-refractivity contribution in [2.75, 3.05) is 5.32 Å². The zero-order chi connectivity index (χ0) is 15.2. The molecule has 110 valence electrons. The van der Waals surface area contributed by atoms with Gasteiger partial charge in [0.05, 0.1) is 11.1 Å². The van der Waals surface area contributed by atoms with Gasteiger partial charge in [0, 0.05) is 12.1 Å². The lowest BCUT2D eigenvalue weighted by Gasteiger charge is -2.25. The molecule has 1 rings (SSSR count). The molecule has 0 fully saturated rings. The smallest absolute Gasteiger partial charge is 0.130 e. The molecule has 0 bridgehead atoms. The summed E-state index contributed by atoms with van der Waals surface area (Å²) in [7, 11) is 0. The first-order chi connectivity index (χ1) is 9.28. The number of rotatable bonds is 7. The third-order valence-corrected chi connectivity index (χ3v) is 3.15. The molecule has 0 radical (unpaired) electrons. The highest BCUT2D eigenvalue weighted by Crippen LogP contribution is 2.28. The number of aliphatic hydroxyl groups excluding tert-OH is 1. The predicted octanol–water partition coefficient (Wildman–Crippen LogP) is 3.63. The standard InChI is InChI=1S/C16H23NO2S/c1-12(18)10-16(2,3)11-14(19)9-15(20)17-13-7-5-4-6-8-13/h4-9,14,17,19-20H,10-11H2,1-3H3/b15-9-. The van der Waals surface area contributed by atoms with E-state index in [9.17, 15) is 9.90 Å². The van der Waals surface area contributed by atoms with Gasteiger partial charge in [-0.2, -0.15) is 0 Å². The van der Waals surface area contributed by atoms with E-state index < -0.39 is 6.10 Å². The highest BCUT2D eigenvalue weighted by atomic mass is 32.1. The van der Waals surface area contributed by atoms with Crippen molar-refractivity contribution in [3.63, 3.8) is 0 Å². The van der Waals surface area contributed by atoms with Crippen LogP contribution in [0, 0.1) is 5.41 Å². The predicted molar refractivity (Wildman–Crippen MR) is 86.8 cm³/mol. The van der Waals surface area contributed by atoms with E-state index in [0.29, 0.717) is 17.9 Å². The Morgan fingerprint density at radius 2 is 2.00 bits per heavy atom. The maximum atomic E-state index is 11.2. The lowest BCUT2D eigenvalue weighted by atomic mass is 9.82. The minimum Gasteiger partial charge on any atom is -0.389 e. The van der Waals surface area contributed by atoms with Gasteiger partial charge in [0.25, 0.3) is 0 Å². The summed E-state index contributed by atoms with van der Waals surface area (Å²) in [6.45, 7) is 5.54. The van der Waals surface area contributed by atoms with Gasteiger partial charge in [0.2, 0.25) is 0 Å².